The van der Waals surface area contributed by atoms with E-state index in [1.165, 1.54) is 0 Å². The van der Waals surface area contributed by atoms with Crippen molar-refractivity contribution >= 4 is 48.1 Å². The molecule has 0 aliphatic carbocycles. The molecule has 0 aromatic rings. The molecule has 4 nitrogen and oxygen atoms in total. The van der Waals surface area contributed by atoms with Crippen LogP contribution >= 0.6 is 0 Å². The van der Waals surface area contributed by atoms with Crippen molar-refractivity contribution in [3.63, 3.8) is 0 Å². The molecule has 0 radical (unpaired) electrons. The Balaban J connectivity index is -0.0000000133. The van der Waals surface area contributed by atoms with E-state index in [1.54, 1.807) is 0 Å². The molecule has 0 saturated carbocycles. The molecule has 0 amide bonds. The number of hydrogen-bond donors (Lipinski definition) is 0. The number of hydrogen-bond acceptors (Lipinski definition) is 4. The van der Waals surface area contributed by atoms with Gasteiger partial charge in [0.15, 0.2) is 0 Å². The second-order valence-corrected chi connectivity index (χ2v) is 1.22. The maximum atomic E-state index is 8.52. The molecule has 9 heteroatoms. The van der Waals surface area contributed by atoms with Gasteiger partial charge in [0.2, 0.25) is 0 Å². The van der Waals surface area contributed by atoms with Gasteiger partial charge in [0.1, 0.15) is 0 Å². The van der Waals surface area contributed by atoms with Gasteiger partial charge in [-0.1, -0.05) is 0 Å². The molecule has 0 heterocycles. The zero-order valence-electron chi connectivity index (χ0n) is 4.81. The van der Waals surface area contributed by atoms with E-state index in [9.17, 15) is 0 Å². The van der Waals surface area contributed by atoms with Crippen LogP contribution in [0.2, 0.25) is 0 Å². The molecule has 38 valence electrons. The summed E-state index contributed by atoms with van der Waals surface area (Å²) < 4.78 is 34.1. The Morgan fingerprint density at radius 2 is 1.11 bits per heavy atom. The molecule has 0 aliphatic heterocycles. The minimum atomic E-state index is -5.17. The van der Waals surface area contributed by atoms with Crippen LogP contribution in [-0.4, -0.2) is 55.3 Å². The standard InChI is InChI=1S/Ca.Fe.Na.H2O4S.Zn/c;;;1-5(2,3)4;/h;;;(H2,1,2,3,4);/q2*+2;+1;;+2/p-2. The van der Waals surface area contributed by atoms with Gasteiger partial charge in [-0.2, -0.15) is 0 Å². The van der Waals surface area contributed by atoms with Gasteiger partial charge < -0.3 is 9.11 Å². The Kier molecular flexibility index (Phi) is 45.3. The van der Waals surface area contributed by atoms with E-state index in [0.717, 1.165) is 0 Å². The van der Waals surface area contributed by atoms with Gasteiger partial charge in [0.25, 0.3) is 0 Å². The summed E-state index contributed by atoms with van der Waals surface area (Å²) in [4.78, 5) is 0. The topological polar surface area (TPSA) is 80.3 Å². The van der Waals surface area contributed by atoms with E-state index in [-0.39, 0.29) is 104 Å². The van der Waals surface area contributed by atoms with Crippen LogP contribution in [0.1, 0.15) is 0 Å². The van der Waals surface area contributed by atoms with Gasteiger partial charge in [0, 0.05) is 10.4 Å². The predicted octanol–water partition coefficient (Wildman–Crippen LogP) is -4.72. The predicted molar refractivity (Wildman–Crippen MR) is 16.2 cm³/mol. The van der Waals surface area contributed by atoms with Crippen molar-refractivity contribution in [2.75, 3.05) is 0 Å². The van der Waals surface area contributed by atoms with Gasteiger partial charge in [0.05, 0.1) is 0 Å². The third-order valence-electron chi connectivity index (χ3n) is 0. The van der Waals surface area contributed by atoms with Crippen LogP contribution < -0.4 is 29.6 Å². The summed E-state index contributed by atoms with van der Waals surface area (Å²) in [6.07, 6.45) is 0. The van der Waals surface area contributed by atoms with Gasteiger partial charge in [-0.15, -0.1) is 0 Å². The van der Waals surface area contributed by atoms with E-state index in [1.807, 2.05) is 0 Å². The SMILES string of the molecule is O=S(=O)([O-])[O-].[Ca+2].[Fe+2].[Na+].[Zn+2]. The summed E-state index contributed by atoms with van der Waals surface area (Å²) in [5.41, 5.74) is 0. The molecule has 0 saturated heterocycles. The molecule has 0 aromatic carbocycles. The van der Waals surface area contributed by atoms with Gasteiger partial charge in [-0.05, 0) is 0 Å². The first-order chi connectivity index (χ1) is 2.00. The fourth-order valence-electron chi connectivity index (χ4n) is 0. The van der Waals surface area contributed by atoms with E-state index >= 15 is 0 Å². The van der Waals surface area contributed by atoms with Crippen molar-refractivity contribution in [3.8, 4) is 0 Å². The minimum absolute atomic E-state index is 0. The molecular formula is CaFeNaO4SZn+5. The summed E-state index contributed by atoms with van der Waals surface area (Å²) in [6.45, 7) is 0. The van der Waals surface area contributed by atoms with Crippen LogP contribution in [0.25, 0.3) is 0 Å². The Hall–Kier alpha value is 3.27. The molecule has 0 aliphatic rings. The first kappa shape index (κ1) is 29.5. The normalized spacial score (nSPS) is 6.44. The molecule has 0 bridgehead atoms. The van der Waals surface area contributed by atoms with E-state index in [0.29, 0.717) is 0 Å². The van der Waals surface area contributed by atoms with Crippen molar-refractivity contribution in [2.45, 2.75) is 0 Å². The van der Waals surface area contributed by atoms with Crippen molar-refractivity contribution in [3.05, 3.63) is 0 Å². The van der Waals surface area contributed by atoms with Gasteiger partial charge >= 0.3 is 104 Å². The van der Waals surface area contributed by atoms with E-state index in [2.05, 4.69) is 0 Å². The van der Waals surface area contributed by atoms with Crippen LogP contribution in [0.5, 0.6) is 0 Å². The fraction of sp³-hybridized carbons (Fsp3) is 0. The van der Waals surface area contributed by atoms with Crippen molar-refractivity contribution in [1.29, 1.82) is 0 Å². The molecule has 0 aromatic heterocycles. The van der Waals surface area contributed by atoms with Gasteiger partial charge in [-0.25, -0.2) is 0 Å². The quantitative estimate of drug-likeness (QED) is 0.254. The maximum Gasteiger partial charge on any atom is 2.00 e. The average molecular weight is 280 g/mol. The summed E-state index contributed by atoms with van der Waals surface area (Å²) in [5, 5.41) is 0. The van der Waals surface area contributed by atoms with Crippen molar-refractivity contribution in [2.24, 2.45) is 0 Å². The molecule has 0 unspecified atom stereocenters. The Labute approximate surface area is 129 Å². The summed E-state index contributed by atoms with van der Waals surface area (Å²) >= 11 is 0. The van der Waals surface area contributed by atoms with E-state index in [4.69, 9.17) is 17.5 Å². The maximum absolute atomic E-state index is 8.52. The second-order valence-electron chi connectivity index (χ2n) is 0.408. The van der Waals surface area contributed by atoms with Gasteiger partial charge in [-0.3, -0.25) is 8.42 Å². The molecule has 0 atom stereocenters. The summed E-state index contributed by atoms with van der Waals surface area (Å²) in [5.74, 6) is 0. The zero-order valence-corrected chi connectivity index (χ0v) is 13.9. The number of rotatable bonds is 0. The first-order valence-electron chi connectivity index (χ1n) is 0.667. The van der Waals surface area contributed by atoms with Crippen molar-refractivity contribution in [1.82, 2.24) is 0 Å². The molecule has 0 rings (SSSR count). The summed E-state index contributed by atoms with van der Waals surface area (Å²) in [7, 11) is -5.17. The second kappa shape index (κ2) is 13.8. The monoisotopic (exact) mass is 279 g/mol. The van der Waals surface area contributed by atoms with Crippen LogP contribution in [-0.2, 0) is 46.9 Å². The average Bonchev–Trinajstić information content (AvgIpc) is 0.722. The van der Waals surface area contributed by atoms with Crippen LogP contribution in [0.15, 0.2) is 0 Å². The minimum Gasteiger partial charge on any atom is -0.759 e. The molecule has 9 heavy (non-hydrogen) atoms. The fourth-order valence-corrected chi connectivity index (χ4v) is 0. The Morgan fingerprint density at radius 1 is 1.11 bits per heavy atom. The third kappa shape index (κ3) is 90.5. The first-order valence-corrected chi connectivity index (χ1v) is 2.00. The van der Waals surface area contributed by atoms with E-state index < -0.39 is 10.4 Å². The summed E-state index contributed by atoms with van der Waals surface area (Å²) in [6, 6.07) is 0. The largest absolute Gasteiger partial charge is 2.00 e. The molecule has 0 spiro atoms. The smallest absolute Gasteiger partial charge is 0.759 e. The Morgan fingerprint density at radius 3 is 1.11 bits per heavy atom. The molecule has 0 N–H and O–H groups in total. The van der Waals surface area contributed by atoms with Crippen LogP contribution in [0.3, 0.4) is 0 Å². The molecular weight excluding hydrogens is 280 g/mol. The molecule has 0 fully saturated rings. The van der Waals surface area contributed by atoms with Crippen LogP contribution in [0, 0.1) is 0 Å². The third-order valence-corrected chi connectivity index (χ3v) is 0. The van der Waals surface area contributed by atoms with Crippen molar-refractivity contribution < 1.29 is 83.6 Å². The Bertz CT molecular complexity index is 104. The zero-order chi connectivity index (χ0) is 4.50. The van der Waals surface area contributed by atoms with Crippen LogP contribution in [0.4, 0.5) is 0 Å².